The van der Waals surface area contributed by atoms with Gasteiger partial charge in [0.15, 0.2) is 34.2 Å². The highest BCUT2D eigenvalue weighted by Crippen LogP contribution is 2.24. The van der Waals surface area contributed by atoms with Crippen molar-refractivity contribution < 1.29 is 0 Å². The van der Waals surface area contributed by atoms with Gasteiger partial charge in [-0.25, -0.2) is 48.4 Å². The molecule has 0 aliphatic rings. The molecule has 0 aliphatic heterocycles. The zero-order valence-electron chi connectivity index (χ0n) is 65.7. The van der Waals surface area contributed by atoms with E-state index in [-0.39, 0.29) is 7.43 Å². The molecule has 12 heterocycles. The third-order valence-corrected chi connectivity index (χ3v) is 15.6. The first-order valence-corrected chi connectivity index (χ1v) is 36.2. The quantitative estimate of drug-likeness (QED) is 0.114. The van der Waals surface area contributed by atoms with Gasteiger partial charge in [0.1, 0.15) is 5.65 Å². The van der Waals surface area contributed by atoms with Gasteiger partial charge in [0.25, 0.3) is 0 Å². The third-order valence-electron chi connectivity index (χ3n) is 15.6. The summed E-state index contributed by atoms with van der Waals surface area (Å²) in [7, 11) is 0. The molecule has 540 valence electrons. The van der Waals surface area contributed by atoms with Crippen LogP contribution in [0.3, 0.4) is 0 Å². The van der Waals surface area contributed by atoms with Gasteiger partial charge < -0.3 is 8.80 Å². The Labute approximate surface area is 595 Å². The summed E-state index contributed by atoms with van der Waals surface area (Å²) in [5.41, 5.74) is 16.7. The molecule has 0 saturated heterocycles. The number of aromatic nitrogens is 17. The Morgan fingerprint density at radius 1 is 0.253 bits per heavy atom. The van der Waals surface area contributed by atoms with Gasteiger partial charge >= 0.3 is 0 Å². The van der Waals surface area contributed by atoms with E-state index >= 15 is 0 Å². The summed E-state index contributed by atoms with van der Waals surface area (Å²) >= 11 is 0. The summed E-state index contributed by atoms with van der Waals surface area (Å²) in [5, 5.41) is 13.4. The van der Waals surface area contributed by atoms with Crippen molar-refractivity contribution in [1.82, 2.24) is 81.9 Å². The van der Waals surface area contributed by atoms with Crippen LogP contribution in [0.5, 0.6) is 0 Å². The molecule has 0 aliphatic carbocycles. The van der Waals surface area contributed by atoms with Crippen LogP contribution in [0.2, 0.25) is 0 Å². The van der Waals surface area contributed by atoms with Crippen LogP contribution in [0, 0.1) is 11.8 Å². The summed E-state index contributed by atoms with van der Waals surface area (Å²) in [4.78, 5) is 35.8. The van der Waals surface area contributed by atoms with Crippen molar-refractivity contribution in [3.63, 3.8) is 0 Å². The summed E-state index contributed by atoms with van der Waals surface area (Å²) in [5.74, 6) is 9.97. The Balaban J connectivity index is 0.000000246. The van der Waals surface area contributed by atoms with Gasteiger partial charge in [-0.1, -0.05) is 227 Å². The zero-order valence-corrected chi connectivity index (χ0v) is 65.7. The van der Waals surface area contributed by atoms with Crippen LogP contribution < -0.4 is 0 Å². The van der Waals surface area contributed by atoms with E-state index in [2.05, 4.69) is 351 Å². The van der Waals surface area contributed by atoms with Crippen LogP contribution in [0.1, 0.15) is 354 Å². The first-order valence-electron chi connectivity index (χ1n) is 36.2. The van der Waals surface area contributed by atoms with E-state index < -0.39 is 0 Å². The first-order chi connectivity index (χ1) is 45.9. The molecule has 0 unspecified atom stereocenters. The maximum absolute atomic E-state index is 4.58. The summed E-state index contributed by atoms with van der Waals surface area (Å²) in [6.45, 7) is 64.7. The Morgan fingerprint density at radius 3 is 1.14 bits per heavy atom. The van der Waals surface area contributed by atoms with Crippen LogP contribution in [-0.2, 0) is 0 Å². The normalized spacial score (nSPS) is 11.5. The van der Waals surface area contributed by atoms with Gasteiger partial charge in [-0.3, -0.25) is 9.38 Å². The minimum atomic E-state index is 0. The molecule has 99 heavy (non-hydrogen) atoms. The van der Waals surface area contributed by atoms with E-state index in [4.69, 9.17) is 0 Å². The van der Waals surface area contributed by atoms with Crippen LogP contribution in [0.15, 0.2) is 117 Å². The molecule has 12 aromatic heterocycles. The minimum Gasteiger partial charge on any atom is -0.307 e. The largest absolute Gasteiger partial charge is 0.307 e. The van der Waals surface area contributed by atoms with Crippen LogP contribution in [0.25, 0.3) is 34.0 Å². The van der Waals surface area contributed by atoms with Crippen LogP contribution in [-0.4, -0.2) is 81.9 Å². The van der Waals surface area contributed by atoms with E-state index in [0.29, 0.717) is 71.0 Å². The lowest BCUT2D eigenvalue weighted by Crippen LogP contribution is -1.98. The summed E-state index contributed by atoms with van der Waals surface area (Å²) < 4.78 is 11.8. The van der Waals surface area contributed by atoms with Gasteiger partial charge in [-0.05, 0) is 130 Å². The molecule has 12 aromatic rings. The highest BCUT2D eigenvalue weighted by Gasteiger charge is 2.14. The van der Waals surface area contributed by atoms with E-state index in [1.165, 1.54) is 22.3 Å². The molecule has 0 aromatic carbocycles. The van der Waals surface area contributed by atoms with Gasteiger partial charge in [0.2, 0.25) is 5.78 Å². The fourth-order valence-corrected chi connectivity index (χ4v) is 9.18. The summed E-state index contributed by atoms with van der Waals surface area (Å²) in [6, 6.07) is 16.7. The predicted octanol–water partition coefficient (Wildman–Crippen LogP) is 22.4. The highest BCUT2D eigenvalue weighted by atomic mass is 15.3. The van der Waals surface area contributed by atoms with Crippen molar-refractivity contribution in [1.29, 1.82) is 0 Å². The van der Waals surface area contributed by atoms with Gasteiger partial charge in [-0.15, -0.1) is 0 Å². The third kappa shape index (κ3) is 25.2. The number of hydrogen-bond acceptors (Lipinski definition) is 11. The van der Waals surface area contributed by atoms with Crippen molar-refractivity contribution in [2.24, 2.45) is 11.8 Å². The van der Waals surface area contributed by atoms with Gasteiger partial charge in [-0.2, -0.15) is 15.3 Å². The Bertz CT molecular complexity index is 3570. The maximum Gasteiger partial charge on any atom is 0.233 e. The van der Waals surface area contributed by atoms with E-state index in [0.717, 1.165) is 91.7 Å². The average molecular weight is 1350 g/mol. The second-order valence-electron chi connectivity index (χ2n) is 30.9. The minimum absolute atomic E-state index is 0. The van der Waals surface area contributed by atoms with Gasteiger partial charge in [0.05, 0.1) is 46.6 Å². The standard InChI is InChI=1S/C13H18N2.5C12H17N3.2C4H10.CH4/c1-9(2)11-5-6-13-14-12(10(3)4)8-15(13)7-11;1-8(2)10-6-15-7-11(9(3)4)14-12(15)5-13-10;1-8(2)10-5-13-12-14-11(9(3)4)7-15(12)6-10;1-8(2)10-5-6-12-13-11(9(3)4)7-15(12)14-10;1-8(2)10-5-6-15-11(7-10)13-12(14-15)9(3)4;1-8(2)10-5-6-11-13-12(9(3)4)14-15(11)7-10;2*1-4(2)3;/h5-10H,1-4H3;5*5-9H,1-4H3;2*4H,1-3H3;1H4. The van der Waals surface area contributed by atoms with Gasteiger partial charge in [0, 0.05) is 67.6 Å². The molecule has 0 bridgehead atoms. The number of hydrogen-bond donors (Lipinski definition) is 0. The molecule has 0 amide bonds. The monoisotopic (exact) mass is 1350 g/mol. The molecular weight excluding hydrogens is 1220 g/mol. The molecule has 0 atom stereocenters. The topological polar surface area (TPSA) is 168 Å². The number of pyridine rings is 3. The van der Waals surface area contributed by atoms with Crippen molar-refractivity contribution in [3.05, 3.63) is 185 Å². The fraction of sp³-hybridized carbons (Fsp3) is 0.549. The number of rotatable bonds is 12. The molecule has 0 spiro atoms. The van der Waals surface area contributed by atoms with Crippen molar-refractivity contribution >= 4 is 34.0 Å². The lowest BCUT2D eigenvalue weighted by Gasteiger charge is -2.04. The molecule has 0 saturated carbocycles. The number of fused-ring (bicyclic) bond motifs is 6. The van der Waals surface area contributed by atoms with Crippen LogP contribution >= 0.6 is 0 Å². The van der Waals surface area contributed by atoms with E-state index in [1.54, 1.807) is 0 Å². The Morgan fingerprint density at radius 2 is 0.636 bits per heavy atom. The molecule has 0 fully saturated rings. The van der Waals surface area contributed by atoms with Crippen molar-refractivity contribution in [3.8, 4) is 0 Å². The molecule has 0 N–H and O–H groups in total. The van der Waals surface area contributed by atoms with Crippen molar-refractivity contribution in [2.45, 2.75) is 286 Å². The molecule has 12 rings (SSSR count). The van der Waals surface area contributed by atoms with Crippen LogP contribution in [0.4, 0.5) is 0 Å². The number of imidazole rings is 4. The highest BCUT2D eigenvalue weighted by molar-refractivity contribution is 5.45. The molecule has 17 nitrogen and oxygen atoms in total. The Kier molecular flexibility index (Phi) is 32.3. The van der Waals surface area contributed by atoms with Crippen molar-refractivity contribution in [2.75, 3.05) is 0 Å². The second-order valence-corrected chi connectivity index (χ2v) is 30.9. The average Bonchev–Trinajstić information content (AvgIpc) is 1.74. The predicted molar refractivity (Wildman–Crippen MR) is 417 cm³/mol. The zero-order chi connectivity index (χ0) is 73.2. The molecule has 0 radical (unpaired) electrons. The van der Waals surface area contributed by atoms with E-state index in [1.807, 2.05) is 54.9 Å². The second kappa shape index (κ2) is 38.4. The lowest BCUT2D eigenvalue weighted by molar-refractivity contribution is 0.736. The first kappa shape index (κ1) is 83.2. The van der Waals surface area contributed by atoms with E-state index in [9.17, 15) is 0 Å². The smallest absolute Gasteiger partial charge is 0.233 e. The number of nitrogens with zero attached hydrogens (tertiary/aromatic N) is 17. The SMILES string of the molecule is C.CC(C)C.CC(C)C.CC(C)c1ccc2nc(C(C)C)cn2c1.CC(C)c1ccc2nc(C(C)C)nn2c1.CC(C)c1ccn2nc(C(C)C)nc2c1.CC(C)c1cn2cc(C(C)C)nc2cn1.CC(C)c1cn2nc(C(C)C)ccc2n1.CC(C)c1cnc2nc(C(C)C)cn2c1. The fourth-order valence-electron chi connectivity index (χ4n) is 9.18. The lowest BCUT2D eigenvalue weighted by atomic mass is 10.1. The molecular formula is C82H127N17. The maximum atomic E-state index is 4.58. The summed E-state index contributed by atoms with van der Waals surface area (Å²) in [6.07, 6.45) is 22.5. The molecule has 17 heteroatoms. The Hall–Kier alpha value is -8.21.